The molecule has 3 heteroatoms. The van der Waals surface area contributed by atoms with E-state index in [2.05, 4.69) is 34.7 Å². The Labute approximate surface area is 109 Å². The van der Waals surface area contributed by atoms with Crippen molar-refractivity contribution < 1.29 is 0 Å². The zero-order valence-electron chi connectivity index (χ0n) is 11.2. The van der Waals surface area contributed by atoms with Gasteiger partial charge in [-0.25, -0.2) is 0 Å². The summed E-state index contributed by atoms with van der Waals surface area (Å²) in [6.07, 6.45) is 5.62. The zero-order chi connectivity index (χ0) is 12.8. The van der Waals surface area contributed by atoms with Crippen molar-refractivity contribution in [1.82, 2.24) is 5.32 Å². The monoisotopic (exact) mass is 243 g/mol. The summed E-state index contributed by atoms with van der Waals surface area (Å²) in [5, 5.41) is 6.87. The highest BCUT2D eigenvalue weighted by atomic mass is 15.1. The highest BCUT2D eigenvalue weighted by molar-refractivity contribution is 5.89. The standard InChI is InChI=1S/C15H21N3/c1-3-4-7-10-16-15-12(2)17-11-13-8-5-6-9-14(13)18-15/h5-6,8-9,11,16,18H,3-4,7,10H2,1-2H3. The average Bonchev–Trinajstić information content (AvgIpc) is 2.55. The molecule has 0 radical (unpaired) electrons. The van der Waals surface area contributed by atoms with Gasteiger partial charge in [0.1, 0.15) is 5.82 Å². The fourth-order valence-electron chi connectivity index (χ4n) is 1.94. The fraction of sp³-hybridized carbons (Fsp3) is 0.400. The third kappa shape index (κ3) is 3.13. The average molecular weight is 243 g/mol. The van der Waals surface area contributed by atoms with Crippen molar-refractivity contribution in [3.8, 4) is 0 Å². The van der Waals surface area contributed by atoms with E-state index in [0.29, 0.717) is 0 Å². The van der Waals surface area contributed by atoms with Crippen LogP contribution in [0.1, 0.15) is 38.7 Å². The van der Waals surface area contributed by atoms with Crippen molar-refractivity contribution in [2.24, 2.45) is 4.99 Å². The lowest BCUT2D eigenvalue weighted by atomic mass is 10.2. The minimum atomic E-state index is 0.991. The van der Waals surface area contributed by atoms with Crippen molar-refractivity contribution >= 4 is 11.9 Å². The number of rotatable bonds is 5. The van der Waals surface area contributed by atoms with Gasteiger partial charge in [0, 0.05) is 24.0 Å². The maximum atomic E-state index is 4.47. The highest BCUT2D eigenvalue weighted by Gasteiger charge is 2.08. The van der Waals surface area contributed by atoms with Gasteiger partial charge in [-0.05, 0) is 19.4 Å². The normalized spacial score (nSPS) is 13.9. The first-order chi connectivity index (χ1) is 8.81. The van der Waals surface area contributed by atoms with Gasteiger partial charge in [0.05, 0.1) is 5.70 Å². The minimum absolute atomic E-state index is 0.991. The Bertz CT molecular complexity index is 461. The Morgan fingerprint density at radius 1 is 1.22 bits per heavy atom. The molecule has 1 aliphatic heterocycles. The van der Waals surface area contributed by atoms with Crippen molar-refractivity contribution in [3.63, 3.8) is 0 Å². The Kier molecular flexibility index (Phi) is 4.40. The van der Waals surface area contributed by atoms with Crippen molar-refractivity contribution in [3.05, 3.63) is 41.3 Å². The molecule has 3 nitrogen and oxygen atoms in total. The summed E-state index contributed by atoms with van der Waals surface area (Å²) >= 11 is 0. The lowest BCUT2D eigenvalue weighted by Crippen LogP contribution is -2.22. The second-order valence-electron chi connectivity index (χ2n) is 4.56. The van der Waals surface area contributed by atoms with E-state index in [-0.39, 0.29) is 0 Å². The van der Waals surface area contributed by atoms with E-state index >= 15 is 0 Å². The van der Waals surface area contributed by atoms with Crippen LogP contribution in [0.15, 0.2) is 40.8 Å². The molecule has 0 atom stereocenters. The number of nitrogens with zero attached hydrogens (tertiary/aromatic N) is 1. The first kappa shape index (κ1) is 12.7. The van der Waals surface area contributed by atoms with Crippen molar-refractivity contribution in [2.75, 3.05) is 11.9 Å². The molecule has 2 N–H and O–H groups in total. The Hall–Kier alpha value is -1.77. The maximum Gasteiger partial charge on any atom is 0.125 e. The molecule has 1 aromatic rings. The number of nitrogens with one attached hydrogen (secondary N) is 2. The van der Waals surface area contributed by atoms with Crippen LogP contribution >= 0.6 is 0 Å². The van der Waals surface area contributed by atoms with Gasteiger partial charge in [-0.1, -0.05) is 38.0 Å². The van der Waals surface area contributed by atoms with Crippen LogP contribution in [0.5, 0.6) is 0 Å². The van der Waals surface area contributed by atoms with Crippen LogP contribution in [0.25, 0.3) is 0 Å². The molecule has 0 aliphatic carbocycles. The summed E-state index contributed by atoms with van der Waals surface area (Å²) in [5.74, 6) is 1.02. The third-order valence-corrected chi connectivity index (χ3v) is 3.06. The van der Waals surface area contributed by atoms with Crippen LogP contribution in [0, 0.1) is 0 Å². The van der Waals surface area contributed by atoms with E-state index in [1.165, 1.54) is 19.3 Å². The topological polar surface area (TPSA) is 36.4 Å². The first-order valence-corrected chi connectivity index (χ1v) is 6.66. The van der Waals surface area contributed by atoms with Gasteiger partial charge in [0.15, 0.2) is 0 Å². The fourth-order valence-corrected chi connectivity index (χ4v) is 1.94. The molecule has 0 spiro atoms. The number of anilines is 1. The van der Waals surface area contributed by atoms with Gasteiger partial charge in [-0.3, -0.25) is 4.99 Å². The van der Waals surface area contributed by atoms with Gasteiger partial charge < -0.3 is 10.6 Å². The summed E-state index contributed by atoms with van der Waals surface area (Å²) in [5.41, 5.74) is 3.24. The molecule has 2 rings (SSSR count). The Morgan fingerprint density at radius 2 is 2.06 bits per heavy atom. The summed E-state index contributed by atoms with van der Waals surface area (Å²) in [4.78, 5) is 4.47. The molecule has 0 saturated carbocycles. The molecule has 0 aromatic heterocycles. The molecule has 1 aromatic carbocycles. The lowest BCUT2D eigenvalue weighted by molar-refractivity contribution is 0.665. The van der Waals surface area contributed by atoms with Crippen LogP contribution in [0.3, 0.4) is 0 Å². The molecule has 0 saturated heterocycles. The SMILES string of the molecule is CCCCCNC1=C(C)N=Cc2ccccc2N1. The molecule has 0 fully saturated rings. The molecule has 18 heavy (non-hydrogen) atoms. The number of hydrogen-bond donors (Lipinski definition) is 2. The van der Waals surface area contributed by atoms with Crippen LogP contribution in [-0.4, -0.2) is 12.8 Å². The third-order valence-electron chi connectivity index (χ3n) is 3.06. The first-order valence-electron chi connectivity index (χ1n) is 6.66. The summed E-state index contributed by atoms with van der Waals surface area (Å²) in [6, 6.07) is 8.21. The van der Waals surface area contributed by atoms with Gasteiger partial charge in [-0.15, -0.1) is 0 Å². The highest BCUT2D eigenvalue weighted by Crippen LogP contribution is 2.19. The largest absolute Gasteiger partial charge is 0.370 e. The summed E-state index contributed by atoms with van der Waals surface area (Å²) in [6.45, 7) is 5.23. The van der Waals surface area contributed by atoms with E-state index in [1.54, 1.807) is 0 Å². The number of allylic oxidation sites excluding steroid dienone is 1. The van der Waals surface area contributed by atoms with Gasteiger partial charge in [-0.2, -0.15) is 0 Å². The van der Waals surface area contributed by atoms with E-state index in [1.807, 2.05) is 25.3 Å². The maximum absolute atomic E-state index is 4.47. The summed E-state index contributed by atoms with van der Waals surface area (Å²) in [7, 11) is 0. The molecule has 1 heterocycles. The number of benzene rings is 1. The smallest absolute Gasteiger partial charge is 0.125 e. The van der Waals surface area contributed by atoms with Crippen LogP contribution in [-0.2, 0) is 0 Å². The van der Waals surface area contributed by atoms with Gasteiger partial charge in [0.2, 0.25) is 0 Å². The van der Waals surface area contributed by atoms with Crippen LogP contribution < -0.4 is 10.6 Å². The number of fused-ring (bicyclic) bond motifs is 1. The van der Waals surface area contributed by atoms with E-state index in [9.17, 15) is 0 Å². The second kappa shape index (κ2) is 6.24. The molecule has 1 aliphatic rings. The number of hydrogen-bond acceptors (Lipinski definition) is 3. The molecule has 0 unspecified atom stereocenters. The van der Waals surface area contributed by atoms with E-state index in [0.717, 1.165) is 29.3 Å². The number of aliphatic imine (C=N–C) groups is 1. The van der Waals surface area contributed by atoms with Crippen LogP contribution in [0.4, 0.5) is 5.69 Å². The van der Waals surface area contributed by atoms with E-state index in [4.69, 9.17) is 0 Å². The molecular formula is C15H21N3. The quantitative estimate of drug-likeness (QED) is 0.776. The van der Waals surface area contributed by atoms with E-state index < -0.39 is 0 Å². The number of para-hydroxylation sites is 1. The van der Waals surface area contributed by atoms with Gasteiger partial charge in [0.25, 0.3) is 0 Å². The molecule has 96 valence electrons. The lowest BCUT2D eigenvalue weighted by Gasteiger charge is -2.14. The van der Waals surface area contributed by atoms with Crippen molar-refractivity contribution in [2.45, 2.75) is 33.1 Å². The minimum Gasteiger partial charge on any atom is -0.370 e. The van der Waals surface area contributed by atoms with Crippen molar-refractivity contribution in [1.29, 1.82) is 0 Å². The summed E-state index contributed by atoms with van der Waals surface area (Å²) < 4.78 is 0. The van der Waals surface area contributed by atoms with Gasteiger partial charge >= 0.3 is 0 Å². The number of unbranched alkanes of at least 4 members (excludes halogenated alkanes) is 2. The Morgan fingerprint density at radius 3 is 2.89 bits per heavy atom. The molecular weight excluding hydrogens is 222 g/mol. The molecule has 0 bridgehead atoms. The predicted octanol–water partition coefficient (Wildman–Crippen LogP) is 3.50. The molecule has 0 amide bonds. The second-order valence-corrected chi connectivity index (χ2v) is 4.56. The predicted molar refractivity (Wildman–Crippen MR) is 77.9 cm³/mol. The zero-order valence-corrected chi connectivity index (χ0v) is 11.2. The van der Waals surface area contributed by atoms with Crippen LogP contribution in [0.2, 0.25) is 0 Å². The Balaban J connectivity index is 2.05.